The van der Waals surface area contributed by atoms with Crippen LogP contribution >= 0.6 is 11.3 Å². The molecule has 0 aliphatic rings. The van der Waals surface area contributed by atoms with Crippen LogP contribution in [-0.4, -0.2) is 15.0 Å². The molecule has 4 nitrogen and oxygen atoms in total. The Hall–Kier alpha value is -7.99. The molecule has 0 aliphatic carbocycles. The SMILES string of the molecule is c1ccc(-c2nc(-c3ccccc3-c3cccc4sc5ccc(-c6ccc7c8ccccc8c8ccccc8c7c6)cc5c34)nc(-c3cccc4c3oc3ccccc34)n2)cc1. The van der Waals surface area contributed by atoms with Gasteiger partial charge < -0.3 is 4.42 Å². The summed E-state index contributed by atoms with van der Waals surface area (Å²) < 4.78 is 8.98. The van der Waals surface area contributed by atoms with Crippen LogP contribution in [0.3, 0.4) is 0 Å². The van der Waals surface area contributed by atoms with Gasteiger partial charge in [0.25, 0.3) is 0 Å². The van der Waals surface area contributed by atoms with Crippen molar-refractivity contribution in [3.05, 3.63) is 200 Å². The maximum Gasteiger partial charge on any atom is 0.167 e. The summed E-state index contributed by atoms with van der Waals surface area (Å²) in [5, 5.41) is 12.2. The third kappa shape index (κ3) is 5.42. The fraction of sp³-hybridized carbons (Fsp3) is 0. The lowest BCUT2D eigenvalue weighted by Crippen LogP contribution is -2.01. The fourth-order valence-corrected chi connectivity index (χ4v) is 10.6. The van der Waals surface area contributed by atoms with Gasteiger partial charge in [-0.2, -0.15) is 0 Å². The van der Waals surface area contributed by atoms with Crippen molar-refractivity contribution in [1.82, 2.24) is 15.0 Å². The monoisotopic (exact) mass is 807 g/mol. The van der Waals surface area contributed by atoms with Crippen LogP contribution < -0.4 is 0 Å². The molecular formula is C57H33N3OS. The number of furan rings is 1. The van der Waals surface area contributed by atoms with Crippen LogP contribution in [0.15, 0.2) is 205 Å². The molecule has 13 rings (SSSR count). The van der Waals surface area contributed by atoms with Gasteiger partial charge in [-0.15, -0.1) is 11.3 Å². The minimum Gasteiger partial charge on any atom is -0.455 e. The van der Waals surface area contributed by atoms with Crippen molar-refractivity contribution in [3.8, 4) is 56.4 Å². The molecular weight excluding hydrogens is 775 g/mol. The van der Waals surface area contributed by atoms with Crippen molar-refractivity contribution in [1.29, 1.82) is 0 Å². The van der Waals surface area contributed by atoms with E-state index in [9.17, 15) is 0 Å². The van der Waals surface area contributed by atoms with Gasteiger partial charge in [-0.3, -0.25) is 0 Å². The highest BCUT2D eigenvalue weighted by Crippen LogP contribution is 2.45. The Balaban J connectivity index is 0.999. The van der Waals surface area contributed by atoms with Crippen molar-refractivity contribution in [2.24, 2.45) is 0 Å². The summed E-state index contributed by atoms with van der Waals surface area (Å²) in [4.78, 5) is 15.6. The van der Waals surface area contributed by atoms with Gasteiger partial charge in [0.1, 0.15) is 11.2 Å². The first kappa shape index (κ1) is 34.8. The van der Waals surface area contributed by atoms with E-state index in [1.165, 1.54) is 63.6 Å². The lowest BCUT2D eigenvalue weighted by molar-refractivity contribution is 0.669. The summed E-state index contributed by atoms with van der Waals surface area (Å²) in [6, 6.07) is 71.1. The predicted molar refractivity (Wildman–Crippen MR) is 260 cm³/mol. The standard InChI is InChI=1S/C57H33N3OS/c1-2-14-34(15-3-1)55-58-56(60-57(59-55)47-25-12-24-45-43-21-10-11-26-50(43)61-54(45)47)46-22-9-8-20-41(46)44-23-13-27-52-53(44)49-33-36(29-31-51(49)62-52)35-28-30-42-39-18-5-4-16-37(39)38-17-6-7-19-40(38)48(42)32-35/h1-33H. The molecule has 0 N–H and O–H groups in total. The number of para-hydroxylation sites is 2. The second-order valence-electron chi connectivity index (χ2n) is 15.8. The maximum atomic E-state index is 6.50. The number of thiophene rings is 1. The van der Waals surface area contributed by atoms with E-state index >= 15 is 0 Å². The zero-order valence-electron chi connectivity index (χ0n) is 33.2. The zero-order valence-corrected chi connectivity index (χ0v) is 34.0. The van der Waals surface area contributed by atoms with Gasteiger partial charge in [-0.1, -0.05) is 164 Å². The molecule has 0 amide bonds. The van der Waals surface area contributed by atoms with Crippen molar-refractivity contribution in [3.63, 3.8) is 0 Å². The molecule has 0 radical (unpaired) electrons. The number of nitrogens with zero attached hydrogens (tertiary/aromatic N) is 3. The van der Waals surface area contributed by atoms with Gasteiger partial charge in [0.15, 0.2) is 17.5 Å². The number of fused-ring (bicyclic) bond motifs is 12. The summed E-state index contributed by atoms with van der Waals surface area (Å²) in [5.74, 6) is 1.77. The Morgan fingerprint density at radius 1 is 0.306 bits per heavy atom. The molecule has 3 heterocycles. The summed E-state index contributed by atoms with van der Waals surface area (Å²) in [6.45, 7) is 0. The van der Waals surface area contributed by atoms with Gasteiger partial charge in [0, 0.05) is 42.1 Å². The first-order valence-electron chi connectivity index (χ1n) is 20.8. The average molecular weight is 808 g/mol. The van der Waals surface area contributed by atoms with Crippen molar-refractivity contribution < 1.29 is 4.42 Å². The second kappa shape index (κ2) is 13.8. The first-order valence-corrected chi connectivity index (χ1v) is 21.7. The van der Waals surface area contributed by atoms with E-state index < -0.39 is 0 Å². The van der Waals surface area contributed by atoms with Gasteiger partial charge >= 0.3 is 0 Å². The average Bonchev–Trinajstić information content (AvgIpc) is 3.92. The van der Waals surface area contributed by atoms with Crippen molar-refractivity contribution in [2.75, 3.05) is 0 Å². The van der Waals surface area contributed by atoms with Crippen LogP contribution in [-0.2, 0) is 0 Å². The number of hydrogen-bond acceptors (Lipinski definition) is 5. The van der Waals surface area contributed by atoms with Crippen LogP contribution in [0.25, 0.3) is 131 Å². The highest BCUT2D eigenvalue weighted by Gasteiger charge is 2.21. The zero-order chi connectivity index (χ0) is 40.7. The molecule has 0 unspecified atom stereocenters. The Morgan fingerprint density at radius 2 is 0.839 bits per heavy atom. The van der Waals surface area contributed by atoms with Crippen LogP contribution in [0.5, 0.6) is 0 Å². The van der Waals surface area contributed by atoms with Crippen LogP contribution in [0, 0.1) is 0 Å². The highest BCUT2D eigenvalue weighted by atomic mass is 32.1. The molecule has 0 saturated heterocycles. The van der Waals surface area contributed by atoms with Gasteiger partial charge in [-0.05, 0) is 91.0 Å². The molecule has 0 fully saturated rings. The van der Waals surface area contributed by atoms with E-state index in [0.717, 1.165) is 49.8 Å². The van der Waals surface area contributed by atoms with Crippen molar-refractivity contribution in [2.45, 2.75) is 0 Å². The Kier molecular flexibility index (Phi) is 7.74. The quantitative estimate of drug-likeness (QED) is 0.163. The van der Waals surface area contributed by atoms with Crippen LogP contribution in [0.1, 0.15) is 0 Å². The van der Waals surface area contributed by atoms with Crippen LogP contribution in [0.2, 0.25) is 0 Å². The highest BCUT2D eigenvalue weighted by molar-refractivity contribution is 7.26. The predicted octanol–water partition coefficient (Wildman–Crippen LogP) is 15.9. The van der Waals surface area contributed by atoms with Gasteiger partial charge in [-0.25, -0.2) is 15.0 Å². The Bertz CT molecular complexity index is 3910. The lowest BCUT2D eigenvalue weighted by Gasteiger charge is -2.13. The molecule has 0 aliphatic heterocycles. The molecule has 10 aromatic carbocycles. The van der Waals surface area contributed by atoms with Crippen molar-refractivity contribution >= 4 is 85.8 Å². The van der Waals surface area contributed by atoms with E-state index in [1.807, 2.05) is 65.9 Å². The minimum absolute atomic E-state index is 0.563. The number of aromatic nitrogens is 3. The maximum absolute atomic E-state index is 6.50. The molecule has 0 bridgehead atoms. The van der Waals surface area contributed by atoms with E-state index in [4.69, 9.17) is 19.4 Å². The smallest absolute Gasteiger partial charge is 0.167 e. The Labute approximate surface area is 360 Å². The van der Waals surface area contributed by atoms with E-state index in [0.29, 0.717) is 17.5 Å². The molecule has 288 valence electrons. The lowest BCUT2D eigenvalue weighted by atomic mass is 9.91. The largest absolute Gasteiger partial charge is 0.455 e. The van der Waals surface area contributed by atoms with Gasteiger partial charge in [0.2, 0.25) is 0 Å². The fourth-order valence-electron chi connectivity index (χ4n) is 9.49. The number of benzene rings is 10. The normalized spacial score (nSPS) is 11.9. The van der Waals surface area contributed by atoms with E-state index in [-0.39, 0.29) is 0 Å². The first-order chi connectivity index (χ1) is 30.7. The van der Waals surface area contributed by atoms with E-state index in [1.54, 1.807) is 0 Å². The molecule has 0 spiro atoms. The minimum atomic E-state index is 0.563. The summed E-state index contributed by atoms with van der Waals surface area (Å²) in [5.41, 5.74) is 8.85. The second-order valence-corrected chi connectivity index (χ2v) is 16.9. The molecule has 3 aromatic heterocycles. The topological polar surface area (TPSA) is 51.8 Å². The molecule has 0 atom stereocenters. The third-order valence-electron chi connectivity index (χ3n) is 12.3. The third-order valence-corrected chi connectivity index (χ3v) is 13.5. The summed E-state index contributed by atoms with van der Waals surface area (Å²) in [6.07, 6.45) is 0. The molecule has 0 saturated carbocycles. The Morgan fingerprint density at radius 3 is 1.61 bits per heavy atom. The molecule has 5 heteroatoms. The van der Waals surface area contributed by atoms with Gasteiger partial charge in [0.05, 0.1) is 5.56 Å². The number of rotatable bonds is 5. The van der Waals surface area contributed by atoms with E-state index in [2.05, 4.69) is 146 Å². The van der Waals surface area contributed by atoms with Crippen LogP contribution in [0.4, 0.5) is 0 Å². The number of hydrogen-bond donors (Lipinski definition) is 0. The molecule has 62 heavy (non-hydrogen) atoms. The summed E-state index contributed by atoms with van der Waals surface area (Å²) >= 11 is 1.83. The molecule has 13 aromatic rings. The summed E-state index contributed by atoms with van der Waals surface area (Å²) in [7, 11) is 0.